The van der Waals surface area contributed by atoms with Gasteiger partial charge in [0.15, 0.2) is 0 Å². The van der Waals surface area contributed by atoms with Crippen molar-refractivity contribution in [3.05, 3.63) is 35.6 Å². The molecule has 1 fully saturated rings. The molecular formula is C19H30FN2O3+. The average molecular weight is 353 g/mol. The predicted molar refractivity (Wildman–Crippen MR) is 94.2 cm³/mol. The molecule has 1 aliphatic rings. The number of carbonyl (C=O) groups is 1. The van der Waals surface area contributed by atoms with Gasteiger partial charge in [0.1, 0.15) is 24.5 Å². The number of carbonyl (C=O) groups excluding carboxylic acids is 1. The highest BCUT2D eigenvalue weighted by Crippen LogP contribution is 2.35. The van der Waals surface area contributed by atoms with E-state index in [4.69, 9.17) is 15.3 Å². The van der Waals surface area contributed by atoms with E-state index in [2.05, 4.69) is 0 Å². The number of ether oxygens (including phenoxy) is 2. The number of piperidine rings is 1. The summed E-state index contributed by atoms with van der Waals surface area (Å²) in [5.41, 5.74) is 0.508. The molecule has 6 heteroatoms. The van der Waals surface area contributed by atoms with E-state index in [9.17, 15) is 9.18 Å². The Labute approximate surface area is 149 Å². The minimum Gasteiger partial charge on any atom is -0.413 e. The molecule has 0 saturated carbocycles. The van der Waals surface area contributed by atoms with Crippen LogP contribution in [0.2, 0.25) is 0 Å². The summed E-state index contributed by atoms with van der Waals surface area (Å²) in [7, 11) is 1.67. The van der Waals surface area contributed by atoms with Crippen LogP contribution in [0.1, 0.15) is 45.1 Å². The van der Waals surface area contributed by atoms with Gasteiger partial charge in [-0.1, -0.05) is 12.1 Å². The van der Waals surface area contributed by atoms with Crippen LogP contribution >= 0.6 is 0 Å². The molecule has 2 N–H and O–H groups in total. The van der Waals surface area contributed by atoms with Crippen LogP contribution in [-0.4, -0.2) is 43.1 Å². The van der Waals surface area contributed by atoms with Crippen molar-refractivity contribution < 1.29 is 23.3 Å². The molecule has 0 spiro atoms. The third kappa shape index (κ3) is 5.23. The van der Waals surface area contributed by atoms with E-state index in [1.807, 2.05) is 32.9 Å². The number of nitrogens with zero attached hydrogens (tertiary/aromatic N) is 1. The average Bonchev–Trinajstić information content (AvgIpc) is 2.53. The second-order valence-electron chi connectivity index (χ2n) is 7.91. The first-order valence-electron chi connectivity index (χ1n) is 8.78. The molecule has 1 aliphatic heterocycles. The maximum absolute atomic E-state index is 13.2. The highest BCUT2D eigenvalue weighted by atomic mass is 19.1. The van der Waals surface area contributed by atoms with Gasteiger partial charge in [0.25, 0.3) is 0 Å². The van der Waals surface area contributed by atoms with Gasteiger partial charge in [0.2, 0.25) is 0 Å². The van der Waals surface area contributed by atoms with Gasteiger partial charge in [-0.25, -0.2) is 4.39 Å². The molecule has 1 unspecified atom stereocenters. The van der Waals surface area contributed by atoms with E-state index in [-0.39, 0.29) is 22.4 Å². The second-order valence-corrected chi connectivity index (χ2v) is 7.91. The van der Waals surface area contributed by atoms with E-state index >= 15 is 0 Å². The van der Waals surface area contributed by atoms with E-state index in [0.717, 1.165) is 18.4 Å². The lowest BCUT2D eigenvalue weighted by molar-refractivity contribution is -0.876. The molecule has 0 bridgehead atoms. The third-order valence-electron chi connectivity index (χ3n) is 4.77. The zero-order valence-corrected chi connectivity index (χ0v) is 15.6. The van der Waals surface area contributed by atoms with Gasteiger partial charge >= 0.3 is 6.09 Å². The Balaban J connectivity index is 2.05. The smallest absolute Gasteiger partial charge is 0.413 e. The fraction of sp³-hybridized carbons (Fsp3) is 0.632. The quantitative estimate of drug-likeness (QED) is 0.510. The number of amides is 1. The molecule has 1 aromatic rings. The number of hydrogen-bond acceptors (Lipinski definition) is 4. The van der Waals surface area contributed by atoms with Crippen molar-refractivity contribution in [1.82, 2.24) is 0 Å². The highest BCUT2D eigenvalue weighted by Gasteiger charge is 2.43. The minimum atomic E-state index is -0.550. The molecule has 0 radical (unpaired) electrons. The topological polar surface area (TPSA) is 61.5 Å². The molecule has 5 nitrogen and oxygen atoms in total. The zero-order chi connectivity index (χ0) is 18.7. The second kappa shape index (κ2) is 7.81. The van der Waals surface area contributed by atoms with E-state index in [1.165, 1.54) is 12.1 Å². The van der Waals surface area contributed by atoms with Crippen molar-refractivity contribution in [2.75, 3.05) is 26.8 Å². The minimum absolute atomic E-state index is 0.165. The first-order valence-corrected chi connectivity index (χ1v) is 8.78. The largest absolute Gasteiger partial charge is 0.536 e. The SMILES string of the molecule is COCC(c1ccc(F)cc1)C1CC[N+](N)(C(=O)OC(C)(C)C)CC1. The number of halogens is 1. The van der Waals surface area contributed by atoms with Crippen molar-refractivity contribution in [3.8, 4) is 0 Å². The number of quaternary nitrogens is 1. The van der Waals surface area contributed by atoms with Crippen LogP contribution in [0.4, 0.5) is 9.18 Å². The third-order valence-corrected chi connectivity index (χ3v) is 4.77. The van der Waals surface area contributed by atoms with Gasteiger partial charge in [-0.2, -0.15) is 10.6 Å². The molecule has 140 valence electrons. The van der Waals surface area contributed by atoms with Crippen molar-refractivity contribution in [3.63, 3.8) is 0 Å². The number of nitrogens with two attached hydrogens (primary N) is 1. The monoisotopic (exact) mass is 353 g/mol. The van der Waals surface area contributed by atoms with Crippen molar-refractivity contribution in [2.24, 2.45) is 11.8 Å². The Morgan fingerprint density at radius 1 is 1.28 bits per heavy atom. The number of likely N-dealkylation sites (tertiary alicyclic amines) is 1. The molecule has 0 aliphatic carbocycles. The summed E-state index contributed by atoms with van der Waals surface area (Å²) in [5, 5.41) is 0. The Kier molecular flexibility index (Phi) is 6.19. The summed E-state index contributed by atoms with van der Waals surface area (Å²) < 4.78 is 23.9. The number of methoxy groups -OCH3 is 1. The molecule has 1 heterocycles. The molecule has 1 aromatic carbocycles. The summed E-state index contributed by atoms with van der Waals surface area (Å²) >= 11 is 0. The summed E-state index contributed by atoms with van der Waals surface area (Å²) in [6.07, 6.45) is 1.21. The van der Waals surface area contributed by atoms with Gasteiger partial charge in [0, 0.05) is 25.9 Å². The van der Waals surface area contributed by atoms with Crippen LogP contribution < -0.4 is 5.84 Å². The van der Waals surface area contributed by atoms with Crippen molar-refractivity contribution in [1.29, 1.82) is 0 Å². The summed E-state index contributed by atoms with van der Waals surface area (Å²) in [6.45, 7) is 7.14. The van der Waals surface area contributed by atoms with Crippen LogP contribution in [0.3, 0.4) is 0 Å². The fourth-order valence-electron chi connectivity index (χ4n) is 3.38. The lowest BCUT2D eigenvalue weighted by Crippen LogP contribution is -2.63. The molecule has 1 saturated heterocycles. The van der Waals surface area contributed by atoms with Gasteiger partial charge in [-0.05, 0) is 44.4 Å². The Hall–Kier alpha value is -1.50. The van der Waals surface area contributed by atoms with Gasteiger partial charge < -0.3 is 9.47 Å². The summed E-state index contributed by atoms with van der Waals surface area (Å²) in [6, 6.07) is 6.58. The number of benzene rings is 1. The van der Waals surface area contributed by atoms with Crippen LogP contribution in [0.5, 0.6) is 0 Å². The highest BCUT2D eigenvalue weighted by molar-refractivity contribution is 5.59. The van der Waals surface area contributed by atoms with Crippen LogP contribution in [0.25, 0.3) is 0 Å². The van der Waals surface area contributed by atoms with Crippen LogP contribution in [-0.2, 0) is 9.47 Å². The van der Waals surface area contributed by atoms with Crippen molar-refractivity contribution >= 4 is 6.09 Å². The van der Waals surface area contributed by atoms with E-state index < -0.39 is 5.60 Å². The standard InChI is InChI=1S/C19H30FN2O3/c1-19(2,3)25-18(23)22(21)11-9-15(10-12-22)17(13-24-4)14-5-7-16(20)8-6-14/h5-8,15,17H,9-13,21H2,1-4H3/q+1. The number of rotatable bonds is 4. The molecule has 1 atom stereocenters. The maximum atomic E-state index is 13.2. The number of hydrogen-bond donors (Lipinski definition) is 1. The zero-order valence-electron chi connectivity index (χ0n) is 15.6. The fourth-order valence-corrected chi connectivity index (χ4v) is 3.38. The molecule has 0 aromatic heterocycles. The lowest BCUT2D eigenvalue weighted by atomic mass is 9.80. The molecule has 2 rings (SSSR count). The molecule has 1 amide bonds. The van der Waals surface area contributed by atoms with Crippen LogP contribution in [0, 0.1) is 11.7 Å². The van der Waals surface area contributed by atoms with Gasteiger partial charge in [-0.3, -0.25) is 0 Å². The van der Waals surface area contributed by atoms with E-state index in [1.54, 1.807) is 7.11 Å². The van der Waals surface area contributed by atoms with Gasteiger partial charge in [0.05, 0.1) is 6.61 Å². The first-order chi connectivity index (χ1) is 11.6. The molecular weight excluding hydrogens is 323 g/mol. The first kappa shape index (κ1) is 19.8. The Bertz CT molecular complexity index is 575. The normalized spacial score (nSPS) is 25.4. The van der Waals surface area contributed by atoms with Gasteiger partial charge in [-0.15, -0.1) is 4.59 Å². The predicted octanol–water partition coefficient (Wildman–Crippen LogP) is 3.59. The Morgan fingerprint density at radius 2 is 1.84 bits per heavy atom. The van der Waals surface area contributed by atoms with E-state index in [0.29, 0.717) is 25.6 Å². The Morgan fingerprint density at radius 3 is 2.32 bits per heavy atom. The van der Waals surface area contributed by atoms with Crippen LogP contribution in [0.15, 0.2) is 24.3 Å². The van der Waals surface area contributed by atoms with Crippen molar-refractivity contribution in [2.45, 2.75) is 45.1 Å². The maximum Gasteiger partial charge on any atom is 0.536 e. The lowest BCUT2D eigenvalue weighted by Gasteiger charge is -2.39. The summed E-state index contributed by atoms with van der Waals surface area (Å²) in [5.74, 6) is 6.54. The summed E-state index contributed by atoms with van der Waals surface area (Å²) in [4.78, 5) is 12.4. The molecule has 25 heavy (non-hydrogen) atoms.